The van der Waals surface area contributed by atoms with Crippen molar-refractivity contribution in [2.75, 3.05) is 0 Å². The van der Waals surface area contributed by atoms with Crippen molar-refractivity contribution in [2.45, 2.75) is 20.0 Å². The summed E-state index contributed by atoms with van der Waals surface area (Å²) in [6, 6.07) is 9.98. The lowest BCUT2D eigenvalue weighted by molar-refractivity contribution is -0.386. The third-order valence-corrected chi connectivity index (χ3v) is 3.72. The molecule has 2 rings (SSSR count). The van der Waals surface area contributed by atoms with E-state index >= 15 is 0 Å². The zero-order valence-electron chi connectivity index (χ0n) is 11.5. The Kier molecular flexibility index (Phi) is 4.59. The minimum absolute atomic E-state index is 0.0479. The maximum atomic E-state index is 11.1. The lowest BCUT2D eigenvalue weighted by Crippen LogP contribution is -1.97. The summed E-state index contributed by atoms with van der Waals surface area (Å²) >= 11 is 3.35. The molecule has 0 aliphatic carbocycles. The van der Waals surface area contributed by atoms with Gasteiger partial charge in [0.1, 0.15) is 5.75 Å². The lowest BCUT2D eigenvalue weighted by atomic mass is 10.1. The molecule has 0 aromatic heterocycles. The van der Waals surface area contributed by atoms with Gasteiger partial charge in [-0.1, -0.05) is 34.1 Å². The number of hydrogen-bond donors (Lipinski definition) is 1. The van der Waals surface area contributed by atoms with Crippen LogP contribution < -0.4 is 4.74 Å². The Labute approximate surface area is 130 Å². The van der Waals surface area contributed by atoms with E-state index in [1.54, 1.807) is 50.2 Å². The van der Waals surface area contributed by atoms with E-state index in [2.05, 4.69) is 15.9 Å². The lowest BCUT2D eigenvalue weighted by Gasteiger charge is -2.11. The summed E-state index contributed by atoms with van der Waals surface area (Å²) in [7, 11) is 0. The molecule has 0 saturated carbocycles. The third-order valence-electron chi connectivity index (χ3n) is 3.03. The number of ether oxygens (including phenoxy) is 1. The Balaban J connectivity index is 2.37. The van der Waals surface area contributed by atoms with Gasteiger partial charge in [-0.2, -0.15) is 0 Å². The van der Waals surface area contributed by atoms with Gasteiger partial charge < -0.3 is 9.84 Å². The molecule has 2 aromatic rings. The number of benzene rings is 2. The van der Waals surface area contributed by atoms with Crippen LogP contribution in [0.4, 0.5) is 5.69 Å². The number of aliphatic hydroxyl groups excluding tert-OH is 1. The van der Waals surface area contributed by atoms with Crippen molar-refractivity contribution < 1.29 is 14.8 Å². The van der Waals surface area contributed by atoms with E-state index in [1.807, 2.05) is 0 Å². The Hall–Kier alpha value is -1.92. The minimum atomic E-state index is -0.610. The molecule has 0 heterocycles. The summed E-state index contributed by atoms with van der Waals surface area (Å²) in [5.41, 5.74) is 1.21. The minimum Gasteiger partial charge on any atom is -0.450 e. The second-order valence-corrected chi connectivity index (χ2v) is 5.49. The first-order chi connectivity index (χ1) is 9.90. The highest BCUT2D eigenvalue weighted by atomic mass is 79.9. The molecule has 0 aliphatic rings. The van der Waals surface area contributed by atoms with Crippen molar-refractivity contribution in [2.24, 2.45) is 0 Å². The molecule has 6 heteroatoms. The van der Waals surface area contributed by atoms with Crippen molar-refractivity contribution in [1.82, 2.24) is 0 Å². The standard InChI is InChI=1S/C15H14BrNO4/c1-9-4-3-5-14(15(9)17(19)20)21-11-6-7-12(10(2)18)13(16)8-11/h3-8,10,18H,1-2H3/t10-/m0/s1. The van der Waals surface area contributed by atoms with E-state index in [1.165, 1.54) is 0 Å². The first-order valence-corrected chi connectivity index (χ1v) is 7.09. The van der Waals surface area contributed by atoms with Crippen molar-refractivity contribution in [3.8, 4) is 11.5 Å². The van der Waals surface area contributed by atoms with Gasteiger partial charge in [-0.15, -0.1) is 0 Å². The molecule has 1 N–H and O–H groups in total. The maximum absolute atomic E-state index is 11.1. The summed E-state index contributed by atoms with van der Waals surface area (Å²) < 4.78 is 6.30. The Morgan fingerprint density at radius 3 is 2.62 bits per heavy atom. The van der Waals surface area contributed by atoms with Crippen LogP contribution in [0.1, 0.15) is 24.2 Å². The molecular formula is C15H14BrNO4. The average Bonchev–Trinajstić information content (AvgIpc) is 2.37. The summed E-state index contributed by atoms with van der Waals surface area (Å²) in [6.45, 7) is 3.32. The second-order valence-electron chi connectivity index (χ2n) is 4.64. The number of nitrogens with zero attached hydrogens (tertiary/aromatic N) is 1. The number of nitro benzene ring substituents is 1. The second kappa shape index (κ2) is 6.24. The van der Waals surface area contributed by atoms with Crippen LogP contribution in [0.25, 0.3) is 0 Å². The number of aryl methyl sites for hydroxylation is 1. The Morgan fingerprint density at radius 1 is 1.33 bits per heavy atom. The van der Waals surface area contributed by atoms with E-state index < -0.39 is 11.0 Å². The van der Waals surface area contributed by atoms with Crippen LogP contribution in [-0.4, -0.2) is 10.0 Å². The number of rotatable bonds is 4. The monoisotopic (exact) mass is 351 g/mol. The van der Waals surface area contributed by atoms with Gasteiger partial charge in [0.2, 0.25) is 5.75 Å². The molecule has 0 spiro atoms. The van der Waals surface area contributed by atoms with Crippen LogP contribution >= 0.6 is 15.9 Å². The molecule has 0 amide bonds. The van der Waals surface area contributed by atoms with E-state index in [0.29, 0.717) is 15.8 Å². The summed E-state index contributed by atoms with van der Waals surface area (Å²) in [6.07, 6.45) is -0.610. The quantitative estimate of drug-likeness (QED) is 0.649. The fourth-order valence-corrected chi connectivity index (χ4v) is 2.67. The van der Waals surface area contributed by atoms with Gasteiger partial charge in [-0.25, -0.2) is 0 Å². The molecule has 0 fully saturated rings. The number of para-hydroxylation sites is 1. The van der Waals surface area contributed by atoms with Crippen LogP contribution in [0.2, 0.25) is 0 Å². The number of aliphatic hydroxyl groups is 1. The highest BCUT2D eigenvalue weighted by molar-refractivity contribution is 9.10. The predicted octanol–water partition coefficient (Wildman–Crippen LogP) is 4.51. The van der Waals surface area contributed by atoms with E-state index in [9.17, 15) is 15.2 Å². The molecule has 5 nitrogen and oxygen atoms in total. The number of hydrogen-bond acceptors (Lipinski definition) is 4. The van der Waals surface area contributed by atoms with Gasteiger partial charge in [-0.05, 0) is 37.6 Å². The molecule has 2 aromatic carbocycles. The smallest absolute Gasteiger partial charge is 0.314 e. The SMILES string of the molecule is Cc1cccc(Oc2ccc([C@H](C)O)c(Br)c2)c1[N+](=O)[O-]. The largest absolute Gasteiger partial charge is 0.450 e. The number of nitro groups is 1. The number of halogens is 1. The van der Waals surface area contributed by atoms with Crippen LogP contribution in [-0.2, 0) is 0 Å². The molecule has 1 atom stereocenters. The molecular weight excluding hydrogens is 338 g/mol. The first kappa shape index (κ1) is 15.5. The fraction of sp³-hybridized carbons (Fsp3) is 0.200. The third kappa shape index (κ3) is 3.40. The van der Waals surface area contributed by atoms with Crippen molar-refractivity contribution in [1.29, 1.82) is 0 Å². The summed E-state index contributed by atoms with van der Waals surface area (Å²) in [4.78, 5) is 10.7. The van der Waals surface area contributed by atoms with Gasteiger partial charge >= 0.3 is 5.69 Å². The molecule has 0 saturated heterocycles. The Bertz CT molecular complexity index is 685. The topological polar surface area (TPSA) is 72.6 Å². The van der Waals surface area contributed by atoms with Crippen LogP contribution in [0.15, 0.2) is 40.9 Å². The summed E-state index contributed by atoms with van der Waals surface area (Å²) in [5, 5.41) is 20.7. The zero-order chi connectivity index (χ0) is 15.6. The highest BCUT2D eigenvalue weighted by Gasteiger charge is 2.19. The van der Waals surface area contributed by atoms with Crippen molar-refractivity contribution in [3.05, 3.63) is 62.1 Å². The van der Waals surface area contributed by atoms with Crippen LogP contribution in [0, 0.1) is 17.0 Å². The normalized spacial score (nSPS) is 12.0. The molecule has 0 bridgehead atoms. The molecule has 0 radical (unpaired) electrons. The van der Waals surface area contributed by atoms with Crippen LogP contribution in [0.5, 0.6) is 11.5 Å². The van der Waals surface area contributed by atoms with Crippen molar-refractivity contribution >= 4 is 21.6 Å². The highest BCUT2D eigenvalue weighted by Crippen LogP contribution is 2.35. The molecule has 0 aliphatic heterocycles. The molecule has 21 heavy (non-hydrogen) atoms. The van der Waals surface area contributed by atoms with Crippen LogP contribution in [0.3, 0.4) is 0 Å². The fourth-order valence-electron chi connectivity index (χ4n) is 1.99. The van der Waals surface area contributed by atoms with Gasteiger partial charge in [0, 0.05) is 10.0 Å². The van der Waals surface area contributed by atoms with Gasteiger partial charge in [0.25, 0.3) is 0 Å². The van der Waals surface area contributed by atoms with Gasteiger partial charge in [0.05, 0.1) is 11.0 Å². The first-order valence-electron chi connectivity index (χ1n) is 6.29. The average molecular weight is 352 g/mol. The van der Waals surface area contributed by atoms with Gasteiger partial charge in [0.15, 0.2) is 0 Å². The predicted molar refractivity (Wildman–Crippen MR) is 82.7 cm³/mol. The summed E-state index contributed by atoms with van der Waals surface area (Å²) in [5.74, 6) is 0.650. The van der Waals surface area contributed by atoms with E-state index in [-0.39, 0.29) is 11.4 Å². The van der Waals surface area contributed by atoms with Gasteiger partial charge in [-0.3, -0.25) is 10.1 Å². The van der Waals surface area contributed by atoms with E-state index in [4.69, 9.17) is 4.74 Å². The molecule has 0 unspecified atom stereocenters. The zero-order valence-corrected chi connectivity index (χ0v) is 13.1. The molecule has 110 valence electrons. The van der Waals surface area contributed by atoms with Crippen molar-refractivity contribution in [3.63, 3.8) is 0 Å². The Morgan fingerprint density at radius 2 is 2.05 bits per heavy atom. The van der Waals surface area contributed by atoms with E-state index in [0.717, 1.165) is 5.56 Å². The maximum Gasteiger partial charge on any atom is 0.314 e.